The van der Waals surface area contributed by atoms with Crippen molar-refractivity contribution in [1.82, 2.24) is 0 Å². The van der Waals surface area contributed by atoms with Gasteiger partial charge in [0.05, 0.1) is 29.5 Å². The Hall–Kier alpha value is -0.790. The number of ketones is 1. The Morgan fingerprint density at radius 2 is 1.82 bits per heavy atom. The third-order valence-electron chi connectivity index (χ3n) is 10.3. The highest BCUT2D eigenvalue weighted by Crippen LogP contribution is 2.66. The quantitative estimate of drug-likeness (QED) is 0.399. The zero-order valence-corrected chi connectivity index (χ0v) is 20.9. The summed E-state index contributed by atoms with van der Waals surface area (Å²) in [5.74, 6) is 0.193. The number of Topliss-reactive ketones (excluding diaryl/α,β-unsaturated/α-hetero) is 1. The van der Waals surface area contributed by atoms with Crippen molar-refractivity contribution in [2.45, 2.75) is 115 Å². The molecule has 3 fully saturated rings. The van der Waals surface area contributed by atoms with Crippen LogP contribution in [-0.2, 0) is 4.79 Å². The van der Waals surface area contributed by atoms with Gasteiger partial charge in [-0.2, -0.15) is 0 Å². The summed E-state index contributed by atoms with van der Waals surface area (Å²) in [4.78, 5) is 13.3. The maximum absolute atomic E-state index is 13.3. The van der Waals surface area contributed by atoms with Crippen LogP contribution in [0.4, 0.5) is 0 Å². The molecule has 5 N–H and O–H groups in total. The van der Waals surface area contributed by atoms with E-state index in [4.69, 9.17) is 0 Å². The van der Waals surface area contributed by atoms with E-state index < -0.39 is 29.5 Å². The first-order valence-electron chi connectivity index (χ1n) is 12.8. The maximum atomic E-state index is 13.3. The van der Waals surface area contributed by atoms with Crippen molar-refractivity contribution in [3.8, 4) is 0 Å². The molecular formula is C27H44O6. The molecule has 0 unspecified atom stereocenters. The molecule has 0 amide bonds. The number of aliphatic hydroxyl groups is 5. The van der Waals surface area contributed by atoms with E-state index in [9.17, 15) is 30.3 Å². The highest BCUT2D eigenvalue weighted by atomic mass is 16.3. The number of carbonyl (C=O) groups excluding carboxylic acids is 1. The van der Waals surface area contributed by atoms with Gasteiger partial charge in [0.1, 0.15) is 5.78 Å². The van der Waals surface area contributed by atoms with Crippen LogP contribution in [0.5, 0.6) is 0 Å². The standard InChI is InChI=1S/C27H44O6/c1-24(2,32)10-9-23(31)27(5,33)22-7-6-16-15-12-19(28)18-13-20(29)21(30)14-26(18,4)17(15)8-11-25(16,22)3/h6,15,17-18,20-23,29-33H,7-14H2,1-5H3/t15-,17+,18+,20-,21+,22+,23-,25+,26-,27-/m1/s1. The van der Waals surface area contributed by atoms with Crippen molar-refractivity contribution in [3.63, 3.8) is 0 Å². The van der Waals surface area contributed by atoms with E-state index in [-0.39, 0.29) is 40.3 Å². The van der Waals surface area contributed by atoms with Crippen LogP contribution in [0.25, 0.3) is 0 Å². The topological polar surface area (TPSA) is 118 Å². The summed E-state index contributed by atoms with van der Waals surface area (Å²) in [7, 11) is 0. The van der Waals surface area contributed by atoms with Gasteiger partial charge in [0.15, 0.2) is 0 Å². The summed E-state index contributed by atoms with van der Waals surface area (Å²) in [6, 6.07) is 0. The zero-order valence-electron chi connectivity index (χ0n) is 20.9. The molecule has 188 valence electrons. The number of aliphatic hydroxyl groups excluding tert-OH is 3. The van der Waals surface area contributed by atoms with Crippen LogP contribution in [-0.4, -0.2) is 60.8 Å². The van der Waals surface area contributed by atoms with Gasteiger partial charge in [0.25, 0.3) is 0 Å². The third-order valence-corrected chi connectivity index (χ3v) is 10.3. The van der Waals surface area contributed by atoms with Crippen LogP contribution in [0.3, 0.4) is 0 Å². The Labute approximate surface area is 198 Å². The molecule has 0 saturated heterocycles. The first-order chi connectivity index (χ1) is 15.1. The summed E-state index contributed by atoms with van der Waals surface area (Å²) >= 11 is 0. The average molecular weight is 465 g/mol. The van der Waals surface area contributed by atoms with E-state index in [1.54, 1.807) is 20.8 Å². The van der Waals surface area contributed by atoms with Crippen molar-refractivity contribution in [2.24, 2.45) is 34.5 Å². The Morgan fingerprint density at radius 1 is 1.15 bits per heavy atom. The van der Waals surface area contributed by atoms with Gasteiger partial charge >= 0.3 is 0 Å². The van der Waals surface area contributed by atoms with E-state index >= 15 is 0 Å². The highest BCUT2D eigenvalue weighted by Gasteiger charge is 2.63. The normalized spacial score (nSPS) is 46.0. The lowest BCUT2D eigenvalue weighted by atomic mass is 9.44. The maximum Gasteiger partial charge on any atom is 0.137 e. The van der Waals surface area contributed by atoms with E-state index in [1.807, 2.05) is 0 Å². The van der Waals surface area contributed by atoms with Gasteiger partial charge in [-0.25, -0.2) is 0 Å². The predicted molar refractivity (Wildman–Crippen MR) is 125 cm³/mol. The van der Waals surface area contributed by atoms with Crippen LogP contribution in [0.2, 0.25) is 0 Å². The second-order valence-electron chi connectivity index (χ2n) is 13.0. The molecule has 0 heterocycles. The van der Waals surface area contributed by atoms with Crippen molar-refractivity contribution < 1.29 is 30.3 Å². The molecule has 0 aromatic carbocycles. The van der Waals surface area contributed by atoms with Gasteiger partial charge in [0.2, 0.25) is 0 Å². The van der Waals surface area contributed by atoms with Crippen LogP contribution in [0.1, 0.15) is 86.0 Å². The minimum Gasteiger partial charge on any atom is -0.390 e. The molecule has 6 nitrogen and oxygen atoms in total. The van der Waals surface area contributed by atoms with E-state index in [0.29, 0.717) is 38.5 Å². The molecule has 10 atom stereocenters. The summed E-state index contributed by atoms with van der Waals surface area (Å²) in [6.07, 6.45) is 4.09. The lowest BCUT2D eigenvalue weighted by Gasteiger charge is -2.60. The first-order valence-corrected chi connectivity index (χ1v) is 12.8. The molecule has 4 rings (SSSR count). The van der Waals surface area contributed by atoms with Crippen LogP contribution >= 0.6 is 0 Å². The summed E-state index contributed by atoms with van der Waals surface area (Å²) < 4.78 is 0. The third kappa shape index (κ3) is 4.04. The molecule has 0 spiro atoms. The molecule has 0 aromatic rings. The van der Waals surface area contributed by atoms with Crippen LogP contribution in [0.15, 0.2) is 11.6 Å². The number of hydrogen-bond donors (Lipinski definition) is 5. The van der Waals surface area contributed by atoms with E-state index in [0.717, 1.165) is 12.8 Å². The summed E-state index contributed by atoms with van der Waals surface area (Å²) in [6.45, 7) is 9.46. The molecule has 0 bridgehead atoms. The fourth-order valence-electron chi connectivity index (χ4n) is 8.31. The highest BCUT2D eigenvalue weighted by molar-refractivity contribution is 5.84. The molecule has 0 aromatic heterocycles. The van der Waals surface area contributed by atoms with Gasteiger partial charge in [-0.05, 0) is 88.4 Å². The van der Waals surface area contributed by atoms with Gasteiger partial charge < -0.3 is 25.5 Å². The first kappa shape index (κ1) is 25.3. The fraction of sp³-hybridized carbons (Fsp3) is 0.889. The lowest BCUT2D eigenvalue weighted by Crippen LogP contribution is -2.59. The number of hydrogen-bond acceptors (Lipinski definition) is 6. The van der Waals surface area contributed by atoms with Gasteiger partial charge in [0, 0.05) is 18.3 Å². The molecule has 3 saturated carbocycles. The zero-order chi connectivity index (χ0) is 24.6. The SMILES string of the molecule is CC(C)(O)CC[C@@H](O)[C@](C)(O)[C@H]1CC=C2[C@H]3CC(=O)[C@@H]4C[C@@H](O)[C@@H](O)C[C@]4(C)[C@H]3CC[C@@]21C. The Bertz CT molecular complexity index is 812. The molecule has 6 heteroatoms. The van der Waals surface area contributed by atoms with Crippen LogP contribution < -0.4 is 0 Å². The molecule has 4 aliphatic rings. The van der Waals surface area contributed by atoms with Crippen molar-refractivity contribution in [1.29, 1.82) is 0 Å². The van der Waals surface area contributed by atoms with Gasteiger partial charge in [-0.15, -0.1) is 0 Å². The van der Waals surface area contributed by atoms with Gasteiger partial charge in [-0.1, -0.05) is 25.5 Å². The molecule has 0 aliphatic heterocycles. The Balaban J connectivity index is 1.58. The summed E-state index contributed by atoms with van der Waals surface area (Å²) in [5.41, 5.74) is -1.58. The number of fused-ring (bicyclic) bond motifs is 5. The Morgan fingerprint density at radius 3 is 2.45 bits per heavy atom. The predicted octanol–water partition coefficient (Wildman–Crippen LogP) is 2.74. The van der Waals surface area contributed by atoms with Crippen LogP contribution in [0, 0.1) is 34.5 Å². The minimum atomic E-state index is -1.30. The number of rotatable bonds is 5. The average Bonchev–Trinajstić information content (AvgIpc) is 3.06. The smallest absolute Gasteiger partial charge is 0.137 e. The molecule has 0 radical (unpaired) electrons. The monoisotopic (exact) mass is 464 g/mol. The second-order valence-corrected chi connectivity index (χ2v) is 13.0. The minimum absolute atomic E-state index is 0.0919. The Kier molecular flexibility index (Phi) is 6.23. The van der Waals surface area contributed by atoms with E-state index in [2.05, 4.69) is 19.9 Å². The van der Waals surface area contributed by atoms with E-state index in [1.165, 1.54) is 5.57 Å². The van der Waals surface area contributed by atoms with Gasteiger partial charge in [-0.3, -0.25) is 4.79 Å². The van der Waals surface area contributed by atoms with Crippen molar-refractivity contribution in [3.05, 3.63) is 11.6 Å². The number of carbonyl (C=O) groups is 1. The fourth-order valence-corrected chi connectivity index (χ4v) is 8.31. The van der Waals surface area contributed by atoms with Crippen molar-refractivity contribution >= 4 is 5.78 Å². The molecule has 4 aliphatic carbocycles. The molecule has 33 heavy (non-hydrogen) atoms. The lowest BCUT2D eigenvalue weighted by molar-refractivity contribution is -0.165. The van der Waals surface area contributed by atoms with Crippen molar-refractivity contribution in [2.75, 3.05) is 0 Å². The molecular weight excluding hydrogens is 420 g/mol. The summed E-state index contributed by atoms with van der Waals surface area (Å²) in [5, 5.41) is 53.2. The number of allylic oxidation sites excluding steroid dienone is 2. The second kappa shape index (κ2) is 8.12. The largest absolute Gasteiger partial charge is 0.390 e.